The van der Waals surface area contributed by atoms with Gasteiger partial charge in [0.1, 0.15) is 22.9 Å². The first-order valence-electron chi connectivity index (χ1n) is 18.6. The zero-order valence-electron chi connectivity index (χ0n) is 31.8. The molecule has 2 saturated heterocycles. The van der Waals surface area contributed by atoms with E-state index in [0.29, 0.717) is 44.1 Å². The standard InChI is InChI=1S/C39H48F2N6O7S/c1-25-6-7-28(33(37(4,5)36(48)49)30-10-15-47-27(3)43-44-34(47)26(30)2)22-29(25)23-46-24-38(13-19-52-20-14-38)54-35-31(55(46,50)51)8-9-32(42-35)53-21-18-45-16-11-39(40,41)12-17-45/h6-10,15,22,33H,11-14,16-21,23-24H2,1-5H3,(H,48,49)/t33-/m1/s1. The van der Waals surface area contributed by atoms with Gasteiger partial charge in [-0.25, -0.2) is 17.2 Å². The Labute approximate surface area is 319 Å². The van der Waals surface area contributed by atoms with Crippen molar-refractivity contribution in [2.75, 3.05) is 46.0 Å². The van der Waals surface area contributed by atoms with Crippen molar-refractivity contribution in [3.8, 4) is 11.8 Å². The topological polar surface area (TPSA) is 149 Å². The van der Waals surface area contributed by atoms with Crippen molar-refractivity contribution >= 4 is 21.6 Å². The molecule has 1 N–H and O–H groups in total. The van der Waals surface area contributed by atoms with Gasteiger partial charge in [0.2, 0.25) is 21.8 Å². The Kier molecular flexibility index (Phi) is 10.4. The maximum absolute atomic E-state index is 14.6. The van der Waals surface area contributed by atoms with Crippen molar-refractivity contribution in [2.45, 2.75) is 89.2 Å². The molecule has 55 heavy (non-hydrogen) atoms. The van der Waals surface area contributed by atoms with Crippen LogP contribution in [0.1, 0.15) is 79.1 Å². The SMILES string of the molecule is Cc1ccc([C@H](c2ccn3c(C)nnc3c2C)C(C)(C)C(=O)O)cc1CN1CC2(CCOCC2)Oc2nc(OCCN3CCC(F)(F)CC3)ccc2S1(=O)=O. The summed E-state index contributed by atoms with van der Waals surface area (Å²) in [5.74, 6) is -3.39. The lowest BCUT2D eigenvalue weighted by atomic mass is 9.70. The number of sulfonamides is 1. The van der Waals surface area contributed by atoms with E-state index in [1.165, 1.54) is 16.4 Å². The van der Waals surface area contributed by atoms with Gasteiger partial charge in [0.15, 0.2) is 5.65 Å². The van der Waals surface area contributed by atoms with Gasteiger partial charge >= 0.3 is 5.97 Å². The van der Waals surface area contributed by atoms with Gasteiger partial charge in [-0.3, -0.25) is 14.1 Å². The highest BCUT2D eigenvalue weighted by Crippen LogP contribution is 2.44. The second kappa shape index (κ2) is 14.7. The molecule has 7 rings (SSSR count). The smallest absolute Gasteiger partial charge is 0.310 e. The molecule has 16 heteroatoms. The zero-order chi connectivity index (χ0) is 39.3. The molecule has 3 aromatic heterocycles. The number of benzene rings is 1. The van der Waals surface area contributed by atoms with Gasteiger partial charge in [0.25, 0.3) is 5.92 Å². The largest absolute Gasteiger partial charge is 0.481 e. The number of likely N-dealkylation sites (tertiary alicyclic amines) is 1. The number of carbonyl (C=O) groups is 1. The molecule has 1 atom stereocenters. The van der Waals surface area contributed by atoms with E-state index >= 15 is 0 Å². The molecule has 0 unspecified atom stereocenters. The van der Waals surface area contributed by atoms with E-state index in [1.807, 2.05) is 60.5 Å². The first-order chi connectivity index (χ1) is 26.0. The Morgan fingerprint density at radius 1 is 1.04 bits per heavy atom. The highest BCUT2D eigenvalue weighted by molar-refractivity contribution is 7.89. The third-order valence-electron chi connectivity index (χ3n) is 11.5. The summed E-state index contributed by atoms with van der Waals surface area (Å²) in [5.41, 5.74) is 2.34. The Morgan fingerprint density at radius 3 is 2.47 bits per heavy atom. The van der Waals surface area contributed by atoms with E-state index in [0.717, 1.165) is 27.8 Å². The van der Waals surface area contributed by atoms with E-state index in [-0.39, 0.29) is 62.3 Å². The minimum atomic E-state index is -4.17. The predicted molar refractivity (Wildman–Crippen MR) is 198 cm³/mol. The van der Waals surface area contributed by atoms with Crippen LogP contribution in [0.3, 0.4) is 0 Å². The minimum absolute atomic E-state index is 0.00214. The molecule has 296 valence electrons. The predicted octanol–water partition coefficient (Wildman–Crippen LogP) is 5.53. The molecule has 3 aliphatic heterocycles. The van der Waals surface area contributed by atoms with E-state index in [4.69, 9.17) is 14.2 Å². The Bertz CT molecular complexity index is 2200. The molecule has 0 saturated carbocycles. The number of ether oxygens (including phenoxy) is 3. The van der Waals surface area contributed by atoms with Gasteiger partial charge in [-0.15, -0.1) is 10.2 Å². The molecular formula is C39H48F2N6O7S. The summed E-state index contributed by atoms with van der Waals surface area (Å²) in [6.07, 6.45) is 2.33. The number of nitrogens with zero attached hydrogens (tertiary/aromatic N) is 6. The molecule has 13 nitrogen and oxygen atoms in total. The highest BCUT2D eigenvalue weighted by atomic mass is 32.2. The van der Waals surface area contributed by atoms with Crippen molar-refractivity contribution < 1.29 is 41.3 Å². The number of aryl methyl sites for hydroxylation is 3. The highest BCUT2D eigenvalue weighted by Gasteiger charge is 2.46. The van der Waals surface area contributed by atoms with Crippen molar-refractivity contribution in [1.29, 1.82) is 0 Å². The number of aromatic nitrogens is 4. The van der Waals surface area contributed by atoms with Crippen molar-refractivity contribution in [1.82, 2.24) is 28.8 Å². The lowest BCUT2D eigenvalue weighted by Gasteiger charge is -2.38. The number of aliphatic carboxylic acids is 1. The summed E-state index contributed by atoms with van der Waals surface area (Å²) in [5, 5.41) is 19.1. The van der Waals surface area contributed by atoms with Gasteiger partial charge in [-0.1, -0.05) is 18.2 Å². The number of rotatable bonds is 10. The number of carboxylic acid groups (broad SMARTS) is 1. The van der Waals surface area contributed by atoms with Crippen LogP contribution in [-0.2, 0) is 26.1 Å². The van der Waals surface area contributed by atoms with E-state index < -0.39 is 38.8 Å². The lowest BCUT2D eigenvalue weighted by Crippen LogP contribution is -2.50. The molecule has 0 aliphatic carbocycles. The van der Waals surface area contributed by atoms with Gasteiger partial charge < -0.3 is 19.3 Å². The number of hydrogen-bond donors (Lipinski definition) is 1. The molecule has 0 bridgehead atoms. The van der Waals surface area contributed by atoms with Crippen molar-refractivity contribution in [2.24, 2.45) is 5.41 Å². The van der Waals surface area contributed by atoms with Gasteiger partial charge in [-0.2, -0.15) is 9.29 Å². The van der Waals surface area contributed by atoms with E-state index in [1.54, 1.807) is 13.8 Å². The summed E-state index contributed by atoms with van der Waals surface area (Å²) >= 11 is 0. The van der Waals surface area contributed by atoms with Crippen LogP contribution < -0.4 is 9.47 Å². The maximum atomic E-state index is 14.6. The number of pyridine rings is 2. The summed E-state index contributed by atoms with van der Waals surface area (Å²) in [6.45, 7) is 11.0. The molecule has 6 heterocycles. The Morgan fingerprint density at radius 2 is 1.76 bits per heavy atom. The van der Waals surface area contributed by atoms with Crippen LogP contribution in [-0.4, -0.2) is 106 Å². The molecule has 2 fully saturated rings. The second-order valence-electron chi connectivity index (χ2n) is 15.7. The maximum Gasteiger partial charge on any atom is 0.310 e. The van der Waals surface area contributed by atoms with Gasteiger partial charge in [-0.05, 0) is 74.6 Å². The minimum Gasteiger partial charge on any atom is -0.481 e. The van der Waals surface area contributed by atoms with Crippen LogP contribution in [0.4, 0.5) is 8.78 Å². The average molecular weight is 783 g/mol. The van der Waals surface area contributed by atoms with Crippen LogP contribution >= 0.6 is 0 Å². The Hall–Kier alpha value is -4.25. The quantitative estimate of drug-likeness (QED) is 0.216. The number of hydrogen-bond acceptors (Lipinski definition) is 10. The number of piperidine rings is 1. The molecule has 1 aromatic carbocycles. The fourth-order valence-corrected chi connectivity index (χ4v) is 9.48. The van der Waals surface area contributed by atoms with Crippen LogP contribution in [0.25, 0.3) is 5.65 Å². The number of carboxylic acids is 1. The number of halogens is 2. The Balaban J connectivity index is 1.21. The molecule has 0 radical (unpaired) electrons. The monoisotopic (exact) mass is 782 g/mol. The molecular weight excluding hydrogens is 735 g/mol. The summed E-state index contributed by atoms with van der Waals surface area (Å²) in [7, 11) is -4.17. The van der Waals surface area contributed by atoms with E-state index in [2.05, 4.69) is 15.2 Å². The number of alkyl halides is 2. The second-order valence-corrected chi connectivity index (χ2v) is 17.6. The first-order valence-corrected chi connectivity index (χ1v) is 20.1. The summed E-state index contributed by atoms with van der Waals surface area (Å²) in [4.78, 5) is 19.2. The molecule has 1 spiro atoms. The summed E-state index contributed by atoms with van der Waals surface area (Å²) < 4.78 is 77.8. The first kappa shape index (κ1) is 39.0. The van der Waals surface area contributed by atoms with Crippen molar-refractivity contribution in [3.63, 3.8) is 0 Å². The van der Waals surface area contributed by atoms with Crippen LogP contribution in [0.5, 0.6) is 11.8 Å². The van der Waals surface area contributed by atoms with Crippen LogP contribution in [0.2, 0.25) is 0 Å². The summed E-state index contributed by atoms with van der Waals surface area (Å²) in [6, 6.07) is 10.6. The molecule has 0 amide bonds. The number of fused-ring (bicyclic) bond motifs is 2. The zero-order valence-corrected chi connectivity index (χ0v) is 32.7. The van der Waals surface area contributed by atoms with Gasteiger partial charge in [0, 0.05) is 70.0 Å². The molecule has 4 aromatic rings. The third-order valence-corrected chi connectivity index (χ3v) is 13.3. The fourth-order valence-electron chi connectivity index (χ4n) is 7.94. The third kappa shape index (κ3) is 7.65. The lowest BCUT2D eigenvalue weighted by molar-refractivity contribution is -0.147. The normalized spacial score (nSPS) is 20.4. The van der Waals surface area contributed by atoms with Crippen LogP contribution in [0.15, 0.2) is 47.5 Å². The molecule has 3 aliphatic rings. The van der Waals surface area contributed by atoms with Crippen LogP contribution in [0, 0.1) is 26.2 Å². The fraction of sp³-hybridized carbons (Fsp3) is 0.538. The van der Waals surface area contributed by atoms with Crippen molar-refractivity contribution in [3.05, 3.63) is 76.2 Å². The van der Waals surface area contributed by atoms with E-state index in [9.17, 15) is 27.1 Å². The van der Waals surface area contributed by atoms with Gasteiger partial charge in [0.05, 0.1) is 25.2 Å². The average Bonchev–Trinajstić information content (AvgIpc) is 3.48.